The minimum absolute atomic E-state index is 0.358. The second kappa shape index (κ2) is 9.47. The van der Waals surface area contributed by atoms with E-state index in [1.54, 1.807) is 0 Å². The fraction of sp³-hybridized carbons (Fsp3) is 1.00. The van der Waals surface area contributed by atoms with Crippen molar-refractivity contribution < 1.29 is 0 Å². The molecular weight excluding hydrogens is 172 g/mol. The van der Waals surface area contributed by atoms with E-state index in [1.165, 1.54) is 32.1 Å². The zero-order chi connectivity index (χ0) is 10.8. The molecule has 0 aromatic heterocycles. The summed E-state index contributed by atoms with van der Waals surface area (Å²) in [7, 11) is 0. The first-order valence-electron chi connectivity index (χ1n) is 6.21. The molecule has 2 heteroatoms. The molecule has 4 N–H and O–H groups in total. The Morgan fingerprint density at radius 3 is 2.00 bits per heavy atom. The predicted octanol–water partition coefficient (Wildman–Crippen LogP) is 2.80. The maximum Gasteiger partial charge on any atom is 0.00394 e. The first kappa shape index (κ1) is 13.9. The molecule has 0 spiro atoms. The lowest BCUT2D eigenvalue weighted by molar-refractivity contribution is 0.471. The van der Waals surface area contributed by atoms with Crippen molar-refractivity contribution in [2.75, 3.05) is 0 Å². The van der Waals surface area contributed by atoms with Gasteiger partial charge in [0.25, 0.3) is 0 Å². The van der Waals surface area contributed by atoms with Crippen LogP contribution in [0.15, 0.2) is 0 Å². The van der Waals surface area contributed by atoms with Crippen molar-refractivity contribution in [3.63, 3.8) is 0 Å². The second-order valence-electron chi connectivity index (χ2n) is 4.36. The Balaban J connectivity index is 3.23. The van der Waals surface area contributed by atoms with Crippen molar-refractivity contribution in [1.82, 2.24) is 0 Å². The second-order valence-corrected chi connectivity index (χ2v) is 4.36. The Bertz CT molecular complexity index is 115. The van der Waals surface area contributed by atoms with Gasteiger partial charge in [-0.3, -0.25) is 0 Å². The highest BCUT2D eigenvalue weighted by Crippen LogP contribution is 2.09. The SMILES string of the molecule is CCCCCCC(N)CCC(N)CC. The van der Waals surface area contributed by atoms with Crippen LogP contribution in [0.25, 0.3) is 0 Å². The maximum atomic E-state index is 6.00. The zero-order valence-electron chi connectivity index (χ0n) is 9.97. The monoisotopic (exact) mass is 200 g/mol. The summed E-state index contributed by atoms with van der Waals surface area (Å²) in [5.74, 6) is 0. The van der Waals surface area contributed by atoms with Crippen LogP contribution in [0.1, 0.15) is 65.2 Å². The molecule has 0 amide bonds. The van der Waals surface area contributed by atoms with E-state index >= 15 is 0 Å². The van der Waals surface area contributed by atoms with Gasteiger partial charge in [-0.25, -0.2) is 0 Å². The largest absolute Gasteiger partial charge is 0.328 e. The number of hydrogen-bond acceptors (Lipinski definition) is 2. The van der Waals surface area contributed by atoms with Gasteiger partial charge >= 0.3 is 0 Å². The van der Waals surface area contributed by atoms with Crippen molar-refractivity contribution in [3.05, 3.63) is 0 Å². The van der Waals surface area contributed by atoms with Crippen molar-refractivity contribution >= 4 is 0 Å². The van der Waals surface area contributed by atoms with Crippen molar-refractivity contribution in [2.24, 2.45) is 11.5 Å². The molecule has 14 heavy (non-hydrogen) atoms. The van der Waals surface area contributed by atoms with E-state index in [4.69, 9.17) is 11.5 Å². The van der Waals surface area contributed by atoms with Crippen LogP contribution < -0.4 is 11.5 Å². The molecule has 0 aromatic carbocycles. The van der Waals surface area contributed by atoms with Crippen LogP contribution in [0.2, 0.25) is 0 Å². The first-order chi connectivity index (χ1) is 6.70. The predicted molar refractivity (Wildman–Crippen MR) is 64.2 cm³/mol. The van der Waals surface area contributed by atoms with Crippen LogP contribution in [0.3, 0.4) is 0 Å². The summed E-state index contributed by atoms with van der Waals surface area (Å²) < 4.78 is 0. The lowest BCUT2D eigenvalue weighted by Crippen LogP contribution is -2.25. The average Bonchev–Trinajstić information content (AvgIpc) is 2.21. The molecule has 2 atom stereocenters. The molecule has 2 unspecified atom stereocenters. The van der Waals surface area contributed by atoms with Crippen LogP contribution >= 0.6 is 0 Å². The lowest BCUT2D eigenvalue weighted by atomic mass is 10.0. The molecule has 0 rings (SSSR count). The van der Waals surface area contributed by atoms with Gasteiger partial charge in [-0.2, -0.15) is 0 Å². The molecule has 0 aliphatic heterocycles. The summed E-state index contributed by atoms with van der Waals surface area (Å²) in [5, 5.41) is 0. The molecular formula is C12H28N2. The maximum absolute atomic E-state index is 6.00. The Hall–Kier alpha value is -0.0800. The van der Waals surface area contributed by atoms with E-state index in [0.29, 0.717) is 12.1 Å². The summed E-state index contributed by atoms with van der Waals surface area (Å²) in [6.07, 6.45) is 9.71. The zero-order valence-corrected chi connectivity index (χ0v) is 9.97. The molecule has 0 aliphatic carbocycles. The molecule has 0 saturated heterocycles. The van der Waals surface area contributed by atoms with Crippen LogP contribution in [0.4, 0.5) is 0 Å². The standard InChI is InChI=1S/C12H28N2/c1-3-5-6-7-8-12(14)10-9-11(13)4-2/h11-12H,3-10,13-14H2,1-2H3. The van der Waals surface area contributed by atoms with E-state index in [1.807, 2.05) is 0 Å². The molecule has 2 nitrogen and oxygen atoms in total. The highest BCUT2D eigenvalue weighted by molar-refractivity contribution is 4.66. The Labute approximate surface area is 89.4 Å². The van der Waals surface area contributed by atoms with Gasteiger partial charge in [0.1, 0.15) is 0 Å². The number of hydrogen-bond donors (Lipinski definition) is 2. The Kier molecular flexibility index (Phi) is 9.42. The van der Waals surface area contributed by atoms with Gasteiger partial charge in [-0.1, -0.05) is 39.5 Å². The highest BCUT2D eigenvalue weighted by atomic mass is 14.6. The highest BCUT2D eigenvalue weighted by Gasteiger charge is 2.05. The third kappa shape index (κ3) is 8.52. The van der Waals surface area contributed by atoms with Crippen LogP contribution in [0, 0.1) is 0 Å². The topological polar surface area (TPSA) is 52.0 Å². The quantitative estimate of drug-likeness (QED) is 0.562. The minimum Gasteiger partial charge on any atom is -0.328 e. The van der Waals surface area contributed by atoms with Crippen LogP contribution in [-0.2, 0) is 0 Å². The summed E-state index contributed by atoms with van der Waals surface area (Å²) in [4.78, 5) is 0. The Morgan fingerprint density at radius 1 is 0.786 bits per heavy atom. The molecule has 0 aromatic rings. The van der Waals surface area contributed by atoms with Crippen molar-refractivity contribution in [1.29, 1.82) is 0 Å². The van der Waals surface area contributed by atoms with Gasteiger partial charge in [-0.15, -0.1) is 0 Å². The van der Waals surface area contributed by atoms with E-state index < -0.39 is 0 Å². The van der Waals surface area contributed by atoms with E-state index in [9.17, 15) is 0 Å². The fourth-order valence-electron chi connectivity index (χ4n) is 1.61. The molecule has 0 bridgehead atoms. The lowest BCUT2D eigenvalue weighted by Gasteiger charge is -2.14. The van der Waals surface area contributed by atoms with E-state index in [2.05, 4.69) is 13.8 Å². The van der Waals surface area contributed by atoms with Crippen LogP contribution in [-0.4, -0.2) is 12.1 Å². The fourth-order valence-corrected chi connectivity index (χ4v) is 1.61. The molecule has 0 saturated carbocycles. The molecule has 0 fully saturated rings. The van der Waals surface area contributed by atoms with Gasteiger partial charge in [0.2, 0.25) is 0 Å². The number of rotatable bonds is 9. The van der Waals surface area contributed by atoms with Gasteiger partial charge in [-0.05, 0) is 25.7 Å². The summed E-state index contributed by atoms with van der Waals surface area (Å²) in [6, 6.07) is 0.737. The first-order valence-corrected chi connectivity index (χ1v) is 6.21. The molecule has 86 valence electrons. The molecule has 0 radical (unpaired) electrons. The summed E-state index contributed by atoms with van der Waals surface area (Å²) >= 11 is 0. The average molecular weight is 200 g/mol. The van der Waals surface area contributed by atoms with Gasteiger partial charge < -0.3 is 11.5 Å². The van der Waals surface area contributed by atoms with Gasteiger partial charge in [0.15, 0.2) is 0 Å². The van der Waals surface area contributed by atoms with Gasteiger partial charge in [0.05, 0.1) is 0 Å². The van der Waals surface area contributed by atoms with Crippen molar-refractivity contribution in [3.8, 4) is 0 Å². The third-order valence-corrected chi connectivity index (χ3v) is 2.86. The smallest absolute Gasteiger partial charge is 0.00394 e. The van der Waals surface area contributed by atoms with E-state index in [-0.39, 0.29) is 0 Å². The van der Waals surface area contributed by atoms with Gasteiger partial charge in [0, 0.05) is 12.1 Å². The van der Waals surface area contributed by atoms with Crippen LogP contribution in [0.5, 0.6) is 0 Å². The summed E-state index contributed by atoms with van der Waals surface area (Å²) in [6.45, 7) is 4.37. The third-order valence-electron chi connectivity index (χ3n) is 2.86. The summed E-state index contributed by atoms with van der Waals surface area (Å²) in [5.41, 5.74) is 11.8. The minimum atomic E-state index is 0.358. The van der Waals surface area contributed by atoms with Crippen molar-refractivity contribution in [2.45, 2.75) is 77.3 Å². The number of unbranched alkanes of at least 4 members (excludes halogenated alkanes) is 3. The normalized spacial score (nSPS) is 15.4. The van der Waals surface area contributed by atoms with E-state index in [0.717, 1.165) is 19.3 Å². The molecule has 0 heterocycles. The molecule has 0 aliphatic rings. The number of nitrogens with two attached hydrogens (primary N) is 2. The Morgan fingerprint density at radius 2 is 1.43 bits per heavy atom.